The molecule has 1 aromatic heterocycles. The van der Waals surface area contributed by atoms with Gasteiger partial charge in [0.2, 0.25) is 0 Å². The normalized spacial score (nSPS) is 11.4. The van der Waals surface area contributed by atoms with Crippen molar-refractivity contribution in [2.45, 2.75) is 0 Å². The van der Waals surface area contributed by atoms with Crippen molar-refractivity contribution in [1.82, 2.24) is 4.98 Å². The molecule has 0 aliphatic carbocycles. The van der Waals surface area contributed by atoms with Crippen molar-refractivity contribution in [2.24, 2.45) is 9.98 Å². The van der Waals surface area contributed by atoms with Crippen molar-refractivity contribution in [2.75, 3.05) is 0 Å². The molecule has 0 amide bonds. The topological polar surface area (TPSA) is 37.6 Å². The molecule has 3 rings (SSSR count). The maximum Gasteiger partial charge on any atom is 0.154 e. The minimum absolute atomic E-state index is 0.593. The fourth-order valence-electron chi connectivity index (χ4n) is 1.93. The van der Waals surface area contributed by atoms with E-state index in [-0.39, 0.29) is 0 Å². The van der Waals surface area contributed by atoms with Crippen LogP contribution >= 0.6 is 23.2 Å². The first-order chi connectivity index (χ1) is 11.7. The van der Waals surface area contributed by atoms with Crippen LogP contribution in [0.3, 0.4) is 0 Å². The lowest BCUT2D eigenvalue weighted by atomic mass is 10.2. The Morgan fingerprint density at radius 3 is 1.46 bits per heavy atom. The Kier molecular flexibility index (Phi) is 5.36. The van der Waals surface area contributed by atoms with Crippen LogP contribution in [-0.2, 0) is 0 Å². The first kappa shape index (κ1) is 16.4. The zero-order valence-electron chi connectivity index (χ0n) is 12.6. The number of hydrogen-bond acceptors (Lipinski definition) is 3. The highest BCUT2D eigenvalue weighted by Crippen LogP contribution is 2.16. The van der Waals surface area contributed by atoms with E-state index in [1.54, 1.807) is 12.4 Å². The van der Waals surface area contributed by atoms with Gasteiger partial charge in [-0.3, -0.25) is 0 Å². The Bertz CT molecular complexity index is 799. The van der Waals surface area contributed by atoms with E-state index in [1.165, 1.54) is 0 Å². The lowest BCUT2D eigenvalue weighted by Crippen LogP contribution is -1.82. The minimum Gasteiger partial charge on any atom is -0.236 e. The molecule has 0 spiro atoms. The van der Waals surface area contributed by atoms with Crippen LogP contribution in [0.1, 0.15) is 11.1 Å². The smallest absolute Gasteiger partial charge is 0.154 e. The van der Waals surface area contributed by atoms with Gasteiger partial charge in [0.25, 0.3) is 0 Å². The zero-order valence-corrected chi connectivity index (χ0v) is 14.1. The second-order valence-corrected chi connectivity index (χ2v) is 5.85. The average molecular weight is 354 g/mol. The predicted octanol–water partition coefficient (Wildman–Crippen LogP) is 5.89. The second kappa shape index (κ2) is 7.86. The summed E-state index contributed by atoms with van der Waals surface area (Å²) >= 11 is 11.7. The number of hydrogen-bond donors (Lipinski definition) is 0. The fraction of sp³-hybridized carbons (Fsp3) is 0. The van der Waals surface area contributed by atoms with Gasteiger partial charge in [0.15, 0.2) is 11.6 Å². The summed E-state index contributed by atoms with van der Waals surface area (Å²) in [6.45, 7) is 0. The van der Waals surface area contributed by atoms with Gasteiger partial charge < -0.3 is 0 Å². The molecule has 0 fully saturated rings. The largest absolute Gasteiger partial charge is 0.236 e. The van der Waals surface area contributed by atoms with Gasteiger partial charge in [-0.15, -0.1) is 0 Å². The highest BCUT2D eigenvalue weighted by molar-refractivity contribution is 6.30. The third kappa shape index (κ3) is 4.75. The SMILES string of the molecule is Clc1ccc(C=Nc2cccc(/N=C/c3ccc(Cl)cc3)n2)cc1. The van der Waals surface area contributed by atoms with Gasteiger partial charge >= 0.3 is 0 Å². The van der Waals surface area contributed by atoms with Gasteiger partial charge in [0, 0.05) is 22.5 Å². The van der Waals surface area contributed by atoms with Gasteiger partial charge in [0.1, 0.15) is 0 Å². The summed E-state index contributed by atoms with van der Waals surface area (Å²) in [5.74, 6) is 1.19. The first-order valence-corrected chi connectivity index (χ1v) is 8.01. The molecule has 118 valence electrons. The summed E-state index contributed by atoms with van der Waals surface area (Å²) in [7, 11) is 0. The second-order valence-electron chi connectivity index (χ2n) is 4.97. The molecular weight excluding hydrogens is 341 g/mol. The molecule has 0 bridgehead atoms. The molecule has 0 aliphatic rings. The summed E-state index contributed by atoms with van der Waals surface area (Å²) in [6.07, 6.45) is 3.48. The van der Waals surface area contributed by atoms with Crippen molar-refractivity contribution < 1.29 is 0 Å². The van der Waals surface area contributed by atoms with Crippen molar-refractivity contribution in [3.05, 3.63) is 87.9 Å². The molecule has 3 nitrogen and oxygen atoms in total. The summed E-state index contributed by atoms with van der Waals surface area (Å²) < 4.78 is 0. The lowest BCUT2D eigenvalue weighted by Gasteiger charge is -1.97. The van der Waals surface area contributed by atoms with E-state index < -0.39 is 0 Å². The monoisotopic (exact) mass is 353 g/mol. The molecule has 2 aromatic carbocycles. The van der Waals surface area contributed by atoms with Crippen LogP contribution in [0.5, 0.6) is 0 Å². The Labute approximate surface area is 150 Å². The van der Waals surface area contributed by atoms with Gasteiger partial charge in [-0.25, -0.2) is 15.0 Å². The maximum absolute atomic E-state index is 5.86. The van der Waals surface area contributed by atoms with Gasteiger partial charge in [0.05, 0.1) is 0 Å². The number of nitrogens with zero attached hydrogens (tertiary/aromatic N) is 3. The quantitative estimate of drug-likeness (QED) is 0.538. The molecule has 0 unspecified atom stereocenters. The fourth-order valence-corrected chi connectivity index (χ4v) is 2.19. The van der Waals surface area contributed by atoms with E-state index in [0.29, 0.717) is 21.7 Å². The Hall–Kier alpha value is -2.49. The van der Waals surface area contributed by atoms with E-state index in [2.05, 4.69) is 15.0 Å². The van der Waals surface area contributed by atoms with Crippen molar-refractivity contribution in [3.63, 3.8) is 0 Å². The standard InChI is InChI=1S/C19H13Cl2N3/c20-16-8-4-14(5-9-16)12-22-18-2-1-3-19(24-18)23-13-15-6-10-17(21)11-7-15/h1-13H/b22-12+,23-13?. The third-order valence-corrected chi connectivity index (χ3v) is 3.66. The number of halogens is 2. The molecule has 24 heavy (non-hydrogen) atoms. The zero-order chi connectivity index (χ0) is 16.8. The Morgan fingerprint density at radius 1 is 0.625 bits per heavy atom. The summed E-state index contributed by atoms with van der Waals surface area (Å²) in [5.41, 5.74) is 1.91. The van der Waals surface area contributed by atoms with Crippen LogP contribution < -0.4 is 0 Å². The molecule has 1 heterocycles. The lowest BCUT2D eigenvalue weighted by molar-refractivity contribution is 1.25. The van der Waals surface area contributed by atoms with E-state index in [0.717, 1.165) is 11.1 Å². The first-order valence-electron chi connectivity index (χ1n) is 7.25. The molecule has 5 heteroatoms. The van der Waals surface area contributed by atoms with Crippen molar-refractivity contribution in [1.29, 1.82) is 0 Å². The average Bonchev–Trinajstić information content (AvgIpc) is 2.61. The molecule has 0 atom stereocenters. The van der Waals surface area contributed by atoms with Gasteiger partial charge in [-0.05, 0) is 47.5 Å². The molecule has 0 radical (unpaired) electrons. The molecular formula is C19H13Cl2N3. The Balaban J connectivity index is 1.74. The van der Waals surface area contributed by atoms with Crippen LogP contribution in [0.2, 0.25) is 10.0 Å². The third-order valence-electron chi connectivity index (χ3n) is 3.15. The molecule has 0 saturated heterocycles. The van der Waals surface area contributed by atoms with Gasteiger partial charge in [-0.2, -0.15) is 0 Å². The summed E-state index contributed by atoms with van der Waals surface area (Å²) in [6, 6.07) is 20.4. The van der Waals surface area contributed by atoms with Crippen molar-refractivity contribution >= 4 is 47.3 Å². The number of aromatic nitrogens is 1. The highest BCUT2D eigenvalue weighted by atomic mass is 35.5. The van der Waals surface area contributed by atoms with Crippen LogP contribution in [0.15, 0.2) is 76.7 Å². The van der Waals surface area contributed by atoms with E-state index in [4.69, 9.17) is 23.2 Å². The minimum atomic E-state index is 0.593. The molecule has 3 aromatic rings. The van der Waals surface area contributed by atoms with E-state index in [1.807, 2.05) is 66.7 Å². The van der Waals surface area contributed by atoms with Crippen molar-refractivity contribution in [3.8, 4) is 0 Å². The van der Waals surface area contributed by atoms with E-state index in [9.17, 15) is 0 Å². The molecule has 0 saturated carbocycles. The number of pyridine rings is 1. The molecule has 0 aliphatic heterocycles. The van der Waals surface area contributed by atoms with Crippen LogP contribution in [0, 0.1) is 0 Å². The predicted molar refractivity (Wildman–Crippen MR) is 102 cm³/mol. The van der Waals surface area contributed by atoms with Crippen LogP contribution in [-0.4, -0.2) is 17.4 Å². The maximum atomic E-state index is 5.86. The van der Waals surface area contributed by atoms with Gasteiger partial charge in [-0.1, -0.05) is 53.5 Å². The van der Waals surface area contributed by atoms with Crippen LogP contribution in [0.25, 0.3) is 0 Å². The number of aliphatic imine (C=N–C) groups is 2. The number of rotatable bonds is 4. The summed E-state index contributed by atoms with van der Waals surface area (Å²) in [4.78, 5) is 13.1. The molecule has 0 N–H and O–H groups in total. The Morgan fingerprint density at radius 2 is 1.04 bits per heavy atom. The summed E-state index contributed by atoms with van der Waals surface area (Å²) in [5, 5.41) is 1.40. The van der Waals surface area contributed by atoms with E-state index >= 15 is 0 Å². The van der Waals surface area contributed by atoms with Crippen LogP contribution in [0.4, 0.5) is 11.6 Å². The number of benzene rings is 2. The highest BCUT2D eigenvalue weighted by Gasteiger charge is 1.95.